The Morgan fingerprint density at radius 3 is 2.13 bits per heavy atom. The highest BCUT2D eigenvalue weighted by Gasteiger charge is 2.31. The molecule has 1 aliphatic rings. The summed E-state index contributed by atoms with van der Waals surface area (Å²) in [6.45, 7) is 4.36. The van der Waals surface area contributed by atoms with Gasteiger partial charge in [0.15, 0.2) is 0 Å². The zero-order valence-corrected chi connectivity index (χ0v) is 14.4. The normalized spacial score (nSPS) is 14.8. The van der Waals surface area contributed by atoms with Crippen LogP contribution in [0.25, 0.3) is 11.1 Å². The van der Waals surface area contributed by atoms with Crippen molar-refractivity contribution >= 4 is 22.7 Å². The molecule has 0 atom stereocenters. The van der Waals surface area contributed by atoms with Gasteiger partial charge in [0.25, 0.3) is 0 Å². The summed E-state index contributed by atoms with van der Waals surface area (Å²) >= 11 is 0. The smallest absolute Gasteiger partial charge is 0.0619 e. The fraction of sp³-hybridized carbons (Fsp3) is 0.333. The molecular weight excluding hydrogens is 286 g/mol. The van der Waals surface area contributed by atoms with Gasteiger partial charge in [0, 0.05) is 49.3 Å². The average molecular weight is 311 g/mol. The second-order valence-electron chi connectivity index (χ2n) is 6.30. The van der Waals surface area contributed by atoms with E-state index in [-0.39, 0.29) is 5.54 Å². The van der Waals surface area contributed by atoms with Gasteiger partial charge in [-0.25, -0.2) is 5.43 Å². The molecule has 0 aromatic heterocycles. The van der Waals surface area contributed by atoms with E-state index in [0.29, 0.717) is 0 Å². The number of nitrogens with one attached hydrogen (secondary N) is 5. The Morgan fingerprint density at radius 2 is 1.57 bits per heavy atom. The van der Waals surface area contributed by atoms with Crippen LogP contribution in [0.2, 0.25) is 0 Å². The van der Waals surface area contributed by atoms with Crippen LogP contribution in [0.4, 0.5) is 22.7 Å². The van der Waals surface area contributed by atoms with Crippen LogP contribution in [0, 0.1) is 0 Å². The standard InChI is InChI=1S/C18H25N5/c1-18(2)13-8-6-7-12(17(13)22-23-18)16-14(20-4)9-11(19-3)10-15(16)21-5/h6-10,19-23H,1-5H3. The van der Waals surface area contributed by atoms with Crippen LogP contribution in [-0.2, 0) is 5.54 Å². The van der Waals surface area contributed by atoms with Gasteiger partial charge in [0.05, 0.1) is 11.2 Å². The third-order valence-electron chi connectivity index (χ3n) is 4.47. The van der Waals surface area contributed by atoms with Gasteiger partial charge in [-0.05, 0) is 31.5 Å². The first kappa shape index (κ1) is 15.5. The highest BCUT2D eigenvalue weighted by atomic mass is 15.4. The fourth-order valence-electron chi connectivity index (χ4n) is 3.17. The molecule has 0 saturated heterocycles. The minimum absolute atomic E-state index is 0.0874. The summed E-state index contributed by atoms with van der Waals surface area (Å²) in [4.78, 5) is 0. The summed E-state index contributed by atoms with van der Waals surface area (Å²) in [7, 11) is 5.84. The molecule has 0 fully saturated rings. The summed E-state index contributed by atoms with van der Waals surface area (Å²) < 4.78 is 0. The third-order valence-corrected chi connectivity index (χ3v) is 4.47. The monoisotopic (exact) mass is 311 g/mol. The molecule has 5 N–H and O–H groups in total. The van der Waals surface area contributed by atoms with E-state index in [4.69, 9.17) is 0 Å². The molecule has 122 valence electrons. The molecule has 0 bridgehead atoms. The van der Waals surface area contributed by atoms with E-state index >= 15 is 0 Å². The highest BCUT2D eigenvalue weighted by Crippen LogP contribution is 2.45. The first-order valence-electron chi connectivity index (χ1n) is 7.90. The quantitative estimate of drug-likeness (QED) is 0.597. The predicted octanol–water partition coefficient (Wildman–Crippen LogP) is 3.64. The number of fused-ring (bicyclic) bond motifs is 1. The molecule has 1 heterocycles. The maximum atomic E-state index is 3.37. The van der Waals surface area contributed by atoms with E-state index in [2.05, 4.69) is 71.0 Å². The molecule has 0 spiro atoms. The fourth-order valence-corrected chi connectivity index (χ4v) is 3.17. The van der Waals surface area contributed by atoms with Crippen molar-refractivity contribution in [1.82, 2.24) is 5.43 Å². The first-order chi connectivity index (χ1) is 11.0. The zero-order chi connectivity index (χ0) is 16.6. The molecule has 0 aliphatic carbocycles. The molecular formula is C18H25N5. The van der Waals surface area contributed by atoms with Crippen LogP contribution in [0.3, 0.4) is 0 Å². The largest absolute Gasteiger partial charge is 0.388 e. The van der Waals surface area contributed by atoms with E-state index in [9.17, 15) is 0 Å². The van der Waals surface area contributed by atoms with Crippen molar-refractivity contribution in [2.75, 3.05) is 42.5 Å². The van der Waals surface area contributed by atoms with Crippen molar-refractivity contribution in [3.8, 4) is 11.1 Å². The van der Waals surface area contributed by atoms with E-state index < -0.39 is 0 Å². The van der Waals surface area contributed by atoms with Crippen LogP contribution in [-0.4, -0.2) is 21.1 Å². The SMILES string of the molecule is CNc1cc(NC)c(-c2cccc3c2NNC3(C)C)c(NC)c1. The molecule has 5 heteroatoms. The van der Waals surface area contributed by atoms with Gasteiger partial charge < -0.3 is 21.4 Å². The van der Waals surface area contributed by atoms with Crippen LogP contribution in [0.15, 0.2) is 30.3 Å². The topological polar surface area (TPSA) is 60.1 Å². The number of hydrazine groups is 1. The average Bonchev–Trinajstić information content (AvgIpc) is 2.89. The second-order valence-corrected chi connectivity index (χ2v) is 6.30. The summed E-state index contributed by atoms with van der Waals surface area (Å²) in [6.07, 6.45) is 0. The Hall–Kier alpha value is -2.40. The summed E-state index contributed by atoms with van der Waals surface area (Å²) in [5, 5.41) is 9.87. The lowest BCUT2D eigenvalue weighted by Crippen LogP contribution is -2.32. The molecule has 5 nitrogen and oxygen atoms in total. The number of benzene rings is 2. The molecule has 2 aromatic carbocycles. The summed E-state index contributed by atoms with van der Waals surface area (Å²) in [5.74, 6) is 0. The van der Waals surface area contributed by atoms with Crippen molar-refractivity contribution < 1.29 is 0 Å². The Balaban J connectivity index is 2.26. The minimum Gasteiger partial charge on any atom is -0.388 e. The van der Waals surface area contributed by atoms with Crippen LogP contribution < -0.4 is 26.8 Å². The Morgan fingerprint density at radius 1 is 0.913 bits per heavy atom. The Labute approximate surface area is 137 Å². The van der Waals surface area contributed by atoms with Gasteiger partial charge in [-0.1, -0.05) is 18.2 Å². The van der Waals surface area contributed by atoms with Gasteiger partial charge in [-0.2, -0.15) is 0 Å². The maximum absolute atomic E-state index is 3.37. The lowest BCUT2D eigenvalue weighted by molar-refractivity contribution is 0.471. The number of para-hydroxylation sites is 1. The molecule has 0 saturated carbocycles. The second kappa shape index (κ2) is 5.66. The number of rotatable bonds is 4. The van der Waals surface area contributed by atoms with E-state index in [1.54, 1.807) is 0 Å². The van der Waals surface area contributed by atoms with Crippen LogP contribution in [0.1, 0.15) is 19.4 Å². The van der Waals surface area contributed by atoms with Crippen LogP contribution in [0.5, 0.6) is 0 Å². The molecule has 23 heavy (non-hydrogen) atoms. The molecule has 0 radical (unpaired) electrons. The number of hydrogen-bond donors (Lipinski definition) is 5. The van der Waals surface area contributed by atoms with Gasteiger partial charge in [-0.15, -0.1) is 0 Å². The van der Waals surface area contributed by atoms with Crippen molar-refractivity contribution in [3.05, 3.63) is 35.9 Å². The lowest BCUT2D eigenvalue weighted by Gasteiger charge is -2.20. The highest BCUT2D eigenvalue weighted by molar-refractivity contribution is 5.97. The van der Waals surface area contributed by atoms with Crippen molar-refractivity contribution in [3.63, 3.8) is 0 Å². The molecule has 0 amide bonds. The maximum Gasteiger partial charge on any atom is 0.0619 e. The molecule has 0 unspecified atom stereocenters. The summed E-state index contributed by atoms with van der Waals surface area (Å²) in [6, 6.07) is 10.7. The minimum atomic E-state index is -0.0874. The van der Waals surface area contributed by atoms with Crippen molar-refractivity contribution in [2.45, 2.75) is 19.4 Å². The Kier molecular flexibility index (Phi) is 3.82. The van der Waals surface area contributed by atoms with Gasteiger partial charge in [0.1, 0.15) is 0 Å². The molecule has 3 rings (SSSR count). The van der Waals surface area contributed by atoms with Gasteiger partial charge in [0.2, 0.25) is 0 Å². The summed E-state index contributed by atoms with van der Waals surface area (Å²) in [5.41, 5.74) is 14.6. The number of hydrogen-bond acceptors (Lipinski definition) is 5. The van der Waals surface area contributed by atoms with E-state index in [1.807, 2.05) is 21.1 Å². The van der Waals surface area contributed by atoms with Crippen molar-refractivity contribution in [2.24, 2.45) is 0 Å². The van der Waals surface area contributed by atoms with Crippen LogP contribution >= 0.6 is 0 Å². The van der Waals surface area contributed by atoms with Crippen molar-refractivity contribution in [1.29, 1.82) is 0 Å². The van der Waals surface area contributed by atoms with Gasteiger partial charge in [-0.3, -0.25) is 0 Å². The van der Waals surface area contributed by atoms with E-state index in [1.165, 1.54) is 11.1 Å². The number of anilines is 4. The Bertz CT molecular complexity index is 711. The van der Waals surface area contributed by atoms with Gasteiger partial charge >= 0.3 is 0 Å². The van der Waals surface area contributed by atoms with E-state index in [0.717, 1.165) is 28.3 Å². The zero-order valence-electron chi connectivity index (χ0n) is 14.4. The molecule has 2 aromatic rings. The lowest BCUT2D eigenvalue weighted by atomic mass is 9.90. The first-order valence-corrected chi connectivity index (χ1v) is 7.90. The molecule has 1 aliphatic heterocycles. The third kappa shape index (κ3) is 2.47. The predicted molar refractivity (Wildman–Crippen MR) is 100 cm³/mol.